The summed E-state index contributed by atoms with van der Waals surface area (Å²) in [6.45, 7) is 1.96. The van der Waals surface area contributed by atoms with Gasteiger partial charge in [0.2, 0.25) is 5.91 Å². The molecule has 174 valence electrons. The Morgan fingerprint density at radius 2 is 1.94 bits per heavy atom. The predicted molar refractivity (Wildman–Crippen MR) is 128 cm³/mol. The smallest absolute Gasteiger partial charge is 0.223 e. The number of carbonyl (C=O) groups excluding carboxylic acids is 1. The van der Waals surface area contributed by atoms with E-state index in [-0.39, 0.29) is 17.6 Å². The highest BCUT2D eigenvalue weighted by molar-refractivity contribution is 5.79. The molecule has 4 aromatic rings. The average molecular weight is 460 g/mol. The van der Waals surface area contributed by atoms with Crippen LogP contribution in [0.15, 0.2) is 67.0 Å². The Balaban J connectivity index is 1.24. The molecule has 0 radical (unpaired) electrons. The molecule has 2 aromatic heterocycles. The third kappa shape index (κ3) is 4.57. The number of nitrogens with zero attached hydrogens (tertiary/aromatic N) is 4. The fourth-order valence-electron chi connectivity index (χ4n) is 4.38. The van der Waals surface area contributed by atoms with Crippen molar-refractivity contribution in [3.8, 4) is 17.0 Å². The van der Waals surface area contributed by atoms with Crippen LogP contribution in [-0.4, -0.2) is 40.7 Å². The maximum absolute atomic E-state index is 13.3. The minimum Gasteiger partial charge on any atom is -0.497 e. The number of hydrogen-bond acceptors (Lipinski definition) is 5. The molecule has 0 unspecified atom stereocenters. The van der Waals surface area contributed by atoms with Crippen molar-refractivity contribution in [3.63, 3.8) is 0 Å². The summed E-state index contributed by atoms with van der Waals surface area (Å²) in [6.07, 6.45) is 5.05. The number of piperidine rings is 1. The van der Waals surface area contributed by atoms with Gasteiger partial charge in [0.05, 0.1) is 12.8 Å². The summed E-state index contributed by atoms with van der Waals surface area (Å²) in [5.41, 5.74) is 3.52. The van der Waals surface area contributed by atoms with Crippen LogP contribution in [0.5, 0.6) is 5.75 Å². The number of methoxy groups -OCH3 is 1. The van der Waals surface area contributed by atoms with Crippen LogP contribution >= 0.6 is 0 Å². The molecule has 1 fully saturated rings. The van der Waals surface area contributed by atoms with E-state index in [1.54, 1.807) is 30.0 Å². The Kier molecular flexibility index (Phi) is 6.12. The van der Waals surface area contributed by atoms with Gasteiger partial charge in [0.1, 0.15) is 17.1 Å². The SMILES string of the molecule is COc1cccc(CNC(=O)C2CCN(c3nccn4nc(-c5ccc(F)cc5)cc34)CC2)c1. The Labute approximate surface area is 197 Å². The molecular weight excluding hydrogens is 433 g/mol. The van der Waals surface area contributed by atoms with Gasteiger partial charge < -0.3 is 15.0 Å². The Bertz CT molecular complexity index is 1300. The molecule has 0 spiro atoms. The lowest BCUT2D eigenvalue weighted by Crippen LogP contribution is -2.40. The van der Waals surface area contributed by atoms with Crippen molar-refractivity contribution in [2.24, 2.45) is 5.92 Å². The summed E-state index contributed by atoms with van der Waals surface area (Å²) in [5.74, 6) is 1.41. The van der Waals surface area contributed by atoms with Crippen molar-refractivity contribution in [3.05, 3.63) is 78.4 Å². The first-order chi connectivity index (χ1) is 16.6. The van der Waals surface area contributed by atoms with Crippen LogP contribution in [-0.2, 0) is 11.3 Å². The van der Waals surface area contributed by atoms with Gasteiger partial charge in [0.15, 0.2) is 5.82 Å². The lowest BCUT2D eigenvalue weighted by molar-refractivity contribution is -0.125. The molecule has 5 rings (SSSR count). The summed E-state index contributed by atoms with van der Waals surface area (Å²) < 4.78 is 20.3. The second kappa shape index (κ2) is 9.51. The fourth-order valence-corrected chi connectivity index (χ4v) is 4.38. The minimum atomic E-state index is -0.273. The van der Waals surface area contributed by atoms with E-state index < -0.39 is 0 Å². The standard InChI is InChI=1S/C26H26FN5O2/c1-34-22-4-2-3-18(15-22)17-29-26(33)20-9-12-31(13-10-20)25-24-16-23(30-32(24)14-11-28-25)19-5-7-21(27)8-6-19/h2-8,11,14-16,20H,9-10,12-13,17H2,1H3,(H,29,33). The number of ether oxygens (including phenoxy) is 1. The molecule has 3 heterocycles. The zero-order valence-electron chi connectivity index (χ0n) is 18.9. The van der Waals surface area contributed by atoms with Crippen molar-refractivity contribution < 1.29 is 13.9 Å². The van der Waals surface area contributed by atoms with E-state index in [4.69, 9.17) is 4.74 Å². The molecule has 1 N–H and O–H groups in total. The van der Waals surface area contributed by atoms with Crippen LogP contribution in [0.3, 0.4) is 0 Å². The van der Waals surface area contributed by atoms with E-state index in [9.17, 15) is 9.18 Å². The molecule has 34 heavy (non-hydrogen) atoms. The van der Waals surface area contributed by atoms with Crippen LogP contribution in [0.25, 0.3) is 16.8 Å². The minimum absolute atomic E-state index is 0.0266. The monoisotopic (exact) mass is 459 g/mol. The number of benzene rings is 2. The Morgan fingerprint density at radius 3 is 2.71 bits per heavy atom. The van der Waals surface area contributed by atoms with E-state index >= 15 is 0 Å². The third-order valence-corrected chi connectivity index (χ3v) is 6.28. The van der Waals surface area contributed by atoms with Crippen LogP contribution in [0, 0.1) is 11.7 Å². The zero-order chi connectivity index (χ0) is 23.5. The highest BCUT2D eigenvalue weighted by Crippen LogP contribution is 2.28. The van der Waals surface area contributed by atoms with Gasteiger partial charge in [-0.25, -0.2) is 13.9 Å². The number of hydrogen-bond donors (Lipinski definition) is 1. The largest absolute Gasteiger partial charge is 0.497 e. The topological polar surface area (TPSA) is 71.8 Å². The molecule has 1 aliphatic heterocycles. The normalized spacial score (nSPS) is 14.4. The van der Waals surface area contributed by atoms with E-state index in [0.29, 0.717) is 6.54 Å². The first kappa shape index (κ1) is 21.9. The number of nitrogens with one attached hydrogen (secondary N) is 1. The van der Waals surface area contributed by atoms with Gasteiger partial charge in [0.25, 0.3) is 0 Å². The fraction of sp³-hybridized carbons (Fsp3) is 0.269. The van der Waals surface area contributed by atoms with Gasteiger partial charge in [-0.3, -0.25) is 4.79 Å². The second-order valence-corrected chi connectivity index (χ2v) is 8.45. The predicted octanol–water partition coefficient (Wildman–Crippen LogP) is 4.08. The number of rotatable bonds is 6. The summed E-state index contributed by atoms with van der Waals surface area (Å²) in [7, 11) is 1.63. The first-order valence-electron chi connectivity index (χ1n) is 11.4. The molecule has 1 saturated heterocycles. The van der Waals surface area contributed by atoms with Gasteiger partial charge >= 0.3 is 0 Å². The van der Waals surface area contributed by atoms with E-state index in [1.807, 2.05) is 36.5 Å². The number of carbonyl (C=O) groups is 1. The van der Waals surface area contributed by atoms with Crippen molar-refractivity contribution in [1.29, 1.82) is 0 Å². The number of aromatic nitrogens is 3. The molecule has 0 aliphatic carbocycles. The summed E-state index contributed by atoms with van der Waals surface area (Å²) >= 11 is 0. The summed E-state index contributed by atoms with van der Waals surface area (Å²) in [5, 5.41) is 7.69. The molecule has 1 amide bonds. The van der Waals surface area contributed by atoms with Gasteiger partial charge in [-0.15, -0.1) is 0 Å². The lowest BCUT2D eigenvalue weighted by atomic mass is 9.95. The van der Waals surface area contributed by atoms with E-state index in [0.717, 1.165) is 59.8 Å². The van der Waals surface area contributed by atoms with Crippen molar-refractivity contribution >= 4 is 17.2 Å². The Morgan fingerprint density at radius 1 is 1.15 bits per heavy atom. The van der Waals surface area contributed by atoms with Gasteiger partial charge in [-0.1, -0.05) is 12.1 Å². The second-order valence-electron chi connectivity index (χ2n) is 8.45. The quantitative estimate of drug-likeness (QED) is 0.471. The molecule has 2 aromatic carbocycles. The number of anilines is 1. The van der Waals surface area contributed by atoms with Gasteiger partial charge in [0, 0.05) is 43.5 Å². The molecule has 8 heteroatoms. The van der Waals surface area contributed by atoms with E-state index in [2.05, 4.69) is 20.3 Å². The summed E-state index contributed by atoms with van der Waals surface area (Å²) in [6, 6.07) is 16.0. The first-order valence-corrected chi connectivity index (χ1v) is 11.4. The Hall–Kier alpha value is -3.94. The number of amides is 1. The van der Waals surface area contributed by atoms with Crippen LogP contribution in [0.1, 0.15) is 18.4 Å². The maximum Gasteiger partial charge on any atom is 0.223 e. The number of fused-ring (bicyclic) bond motifs is 1. The van der Waals surface area contributed by atoms with Gasteiger partial charge in [-0.05, 0) is 60.9 Å². The molecule has 0 atom stereocenters. The van der Waals surface area contributed by atoms with Gasteiger partial charge in [-0.2, -0.15) is 5.10 Å². The zero-order valence-corrected chi connectivity index (χ0v) is 18.9. The molecule has 1 aliphatic rings. The van der Waals surface area contributed by atoms with Crippen molar-refractivity contribution in [1.82, 2.24) is 19.9 Å². The molecular formula is C26H26FN5O2. The summed E-state index contributed by atoms with van der Waals surface area (Å²) in [4.78, 5) is 19.6. The third-order valence-electron chi connectivity index (χ3n) is 6.28. The van der Waals surface area contributed by atoms with E-state index in [1.165, 1.54) is 12.1 Å². The maximum atomic E-state index is 13.3. The van der Waals surface area contributed by atoms with Crippen LogP contribution in [0.4, 0.5) is 10.2 Å². The van der Waals surface area contributed by atoms with Crippen LogP contribution < -0.4 is 15.0 Å². The number of halogens is 1. The molecule has 0 saturated carbocycles. The molecule has 7 nitrogen and oxygen atoms in total. The van der Waals surface area contributed by atoms with Crippen molar-refractivity contribution in [2.75, 3.05) is 25.1 Å². The lowest BCUT2D eigenvalue weighted by Gasteiger charge is -2.32. The highest BCUT2D eigenvalue weighted by atomic mass is 19.1. The average Bonchev–Trinajstić information content (AvgIpc) is 3.32. The van der Waals surface area contributed by atoms with Crippen LogP contribution in [0.2, 0.25) is 0 Å². The highest BCUT2D eigenvalue weighted by Gasteiger charge is 2.26. The molecule has 0 bridgehead atoms. The van der Waals surface area contributed by atoms with Crippen molar-refractivity contribution in [2.45, 2.75) is 19.4 Å².